The van der Waals surface area contributed by atoms with Gasteiger partial charge >= 0.3 is 5.97 Å². The molecule has 0 amide bonds. The molecule has 0 aromatic heterocycles. The van der Waals surface area contributed by atoms with Gasteiger partial charge in [-0.25, -0.2) is 0 Å². The monoisotopic (exact) mass is 248 g/mol. The van der Waals surface area contributed by atoms with E-state index in [1.54, 1.807) is 0 Å². The van der Waals surface area contributed by atoms with Gasteiger partial charge in [-0.15, -0.1) is 0 Å². The Hall–Kier alpha value is -1.71. The number of carbonyl (C=O) groups is 1. The molecule has 96 valence electrons. The Morgan fingerprint density at radius 2 is 1.94 bits per heavy atom. The minimum Gasteiger partial charge on any atom is -0.481 e. The number of benzene rings is 1. The summed E-state index contributed by atoms with van der Waals surface area (Å²) >= 11 is 0. The van der Waals surface area contributed by atoms with Crippen LogP contribution < -0.4 is 9.47 Å². The molecule has 1 saturated carbocycles. The third-order valence-corrected chi connectivity index (χ3v) is 4.28. The molecule has 0 atom stereocenters. The Bertz CT molecular complexity index is 529. The normalized spacial score (nSPS) is 19.4. The van der Waals surface area contributed by atoms with Gasteiger partial charge in [0, 0.05) is 5.56 Å². The number of ether oxygens (including phenoxy) is 2. The number of aliphatic carboxylic acids is 1. The predicted molar refractivity (Wildman–Crippen MR) is 65.2 cm³/mol. The van der Waals surface area contributed by atoms with E-state index < -0.39 is 11.4 Å². The summed E-state index contributed by atoms with van der Waals surface area (Å²) in [5.41, 5.74) is 2.11. The van der Waals surface area contributed by atoms with Crippen LogP contribution in [0.2, 0.25) is 0 Å². The van der Waals surface area contributed by atoms with Gasteiger partial charge in [-0.3, -0.25) is 4.79 Å². The molecule has 0 bridgehead atoms. The first-order chi connectivity index (χ1) is 8.56. The highest BCUT2D eigenvalue weighted by Crippen LogP contribution is 2.52. The lowest BCUT2D eigenvalue weighted by molar-refractivity contribution is -0.147. The molecule has 1 aromatic carbocycles. The van der Waals surface area contributed by atoms with Crippen molar-refractivity contribution in [2.45, 2.75) is 38.5 Å². The molecule has 4 heteroatoms. The molecule has 0 radical (unpaired) electrons. The molecule has 1 fully saturated rings. The van der Waals surface area contributed by atoms with Crippen LogP contribution in [0.15, 0.2) is 6.07 Å². The van der Waals surface area contributed by atoms with Crippen molar-refractivity contribution in [3.8, 4) is 11.5 Å². The van der Waals surface area contributed by atoms with E-state index >= 15 is 0 Å². The van der Waals surface area contributed by atoms with Crippen molar-refractivity contribution in [1.82, 2.24) is 0 Å². The molecule has 1 aliphatic carbocycles. The van der Waals surface area contributed by atoms with Crippen molar-refractivity contribution in [2.75, 3.05) is 6.79 Å². The van der Waals surface area contributed by atoms with Crippen molar-refractivity contribution >= 4 is 5.97 Å². The molecule has 1 aromatic rings. The highest BCUT2D eigenvalue weighted by molar-refractivity contribution is 5.84. The van der Waals surface area contributed by atoms with Crippen LogP contribution in [-0.2, 0) is 10.2 Å². The molecule has 0 saturated heterocycles. The standard InChI is InChI=1S/C14H16O4/c1-8-6-10(14(13(15)16)4-3-5-14)12-11(9(8)2)17-7-18-12/h6H,3-5,7H2,1-2H3,(H,15,16). The zero-order valence-electron chi connectivity index (χ0n) is 10.6. The smallest absolute Gasteiger partial charge is 0.314 e. The molecule has 18 heavy (non-hydrogen) atoms. The van der Waals surface area contributed by atoms with E-state index in [1.807, 2.05) is 19.9 Å². The van der Waals surface area contributed by atoms with Gasteiger partial charge in [0.1, 0.15) is 0 Å². The summed E-state index contributed by atoms with van der Waals surface area (Å²) in [6.07, 6.45) is 2.32. The van der Waals surface area contributed by atoms with Crippen molar-refractivity contribution < 1.29 is 19.4 Å². The SMILES string of the molecule is Cc1cc(C2(C(=O)O)CCC2)c2c(c1C)OCO2. The molecule has 3 rings (SSSR count). The minimum absolute atomic E-state index is 0.183. The highest BCUT2D eigenvalue weighted by Gasteiger charge is 2.49. The molecule has 2 aliphatic rings. The zero-order chi connectivity index (χ0) is 12.9. The number of hydrogen-bond acceptors (Lipinski definition) is 3. The van der Waals surface area contributed by atoms with Crippen LogP contribution in [0.3, 0.4) is 0 Å². The summed E-state index contributed by atoms with van der Waals surface area (Å²) in [6.45, 7) is 4.14. The van der Waals surface area contributed by atoms with Gasteiger partial charge in [0.2, 0.25) is 6.79 Å². The number of hydrogen-bond donors (Lipinski definition) is 1. The zero-order valence-corrected chi connectivity index (χ0v) is 10.6. The summed E-state index contributed by atoms with van der Waals surface area (Å²) < 4.78 is 11.0. The molecule has 1 heterocycles. The molecule has 0 spiro atoms. The maximum absolute atomic E-state index is 11.6. The van der Waals surface area contributed by atoms with Crippen LogP contribution in [0.25, 0.3) is 0 Å². The highest BCUT2D eigenvalue weighted by atomic mass is 16.7. The van der Waals surface area contributed by atoms with E-state index in [9.17, 15) is 9.90 Å². The number of rotatable bonds is 2. The fourth-order valence-electron chi connectivity index (χ4n) is 2.81. The Kier molecular flexibility index (Phi) is 2.30. The van der Waals surface area contributed by atoms with Crippen LogP contribution in [0.5, 0.6) is 11.5 Å². The van der Waals surface area contributed by atoms with E-state index in [2.05, 4.69) is 0 Å². The largest absolute Gasteiger partial charge is 0.481 e. The second kappa shape index (κ2) is 3.64. The van der Waals surface area contributed by atoms with E-state index in [0.717, 1.165) is 28.9 Å². The van der Waals surface area contributed by atoms with Crippen LogP contribution in [0, 0.1) is 13.8 Å². The number of carboxylic acid groups (broad SMARTS) is 1. The molecular formula is C14H16O4. The van der Waals surface area contributed by atoms with Gasteiger partial charge in [-0.1, -0.05) is 12.5 Å². The average molecular weight is 248 g/mol. The maximum Gasteiger partial charge on any atom is 0.314 e. The second-order valence-electron chi connectivity index (χ2n) is 5.17. The number of aryl methyl sites for hydroxylation is 1. The van der Waals surface area contributed by atoms with E-state index in [1.165, 1.54) is 0 Å². The molecule has 1 aliphatic heterocycles. The number of fused-ring (bicyclic) bond motifs is 1. The lowest BCUT2D eigenvalue weighted by Gasteiger charge is -2.38. The Balaban J connectivity index is 2.21. The summed E-state index contributed by atoms with van der Waals surface area (Å²) in [5, 5.41) is 9.53. The van der Waals surface area contributed by atoms with E-state index in [4.69, 9.17) is 9.47 Å². The maximum atomic E-state index is 11.6. The minimum atomic E-state index is -0.768. The molecule has 4 nitrogen and oxygen atoms in total. The second-order valence-corrected chi connectivity index (χ2v) is 5.17. The predicted octanol–water partition coefficient (Wildman–Crippen LogP) is 2.54. The number of carboxylic acids is 1. The van der Waals surface area contributed by atoms with E-state index in [0.29, 0.717) is 18.6 Å². The third-order valence-electron chi connectivity index (χ3n) is 4.28. The van der Waals surface area contributed by atoms with Crippen molar-refractivity contribution in [1.29, 1.82) is 0 Å². The first-order valence-corrected chi connectivity index (χ1v) is 6.20. The Labute approximate surface area is 106 Å². The lowest BCUT2D eigenvalue weighted by atomic mass is 9.64. The first kappa shape index (κ1) is 11.4. The van der Waals surface area contributed by atoms with Gasteiger partial charge in [0.15, 0.2) is 11.5 Å². The Morgan fingerprint density at radius 3 is 2.50 bits per heavy atom. The molecular weight excluding hydrogens is 232 g/mol. The van der Waals surface area contributed by atoms with Crippen molar-refractivity contribution in [3.05, 3.63) is 22.8 Å². The fourth-order valence-corrected chi connectivity index (χ4v) is 2.81. The first-order valence-electron chi connectivity index (χ1n) is 6.20. The van der Waals surface area contributed by atoms with Gasteiger partial charge in [0.05, 0.1) is 5.41 Å². The van der Waals surface area contributed by atoms with Crippen LogP contribution >= 0.6 is 0 Å². The summed E-state index contributed by atoms with van der Waals surface area (Å²) in [5.74, 6) is 0.604. The Morgan fingerprint density at radius 1 is 1.28 bits per heavy atom. The molecule has 1 N–H and O–H groups in total. The topological polar surface area (TPSA) is 55.8 Å². The van der Waals surface area contributed by atoms with Crippen molar-refractivity contribution in [2.24, 2.45) is 0 Å². The lowest BCUT2D eigenvalue weighted by Crippen LogP contribution is -2.42. The molecule has 0 unspecified atom stereocenters. The quantitative estimate of drug-likeness (QED) is 0.873. The van der Waals surface area contributed by atoms with Crippen LogP contribution in [0.4, 0.5) is 0 Å². The van der Waals surface area contributed by atoms with Gasteiger partial charge in [-0.05, 0) is 37.8 Å². The van der Waals surface area contributed by atoms with Crippen LogP contribution in [-0.4, -0.2) is 17.9 Å². The fraction of sp³-hybridized carbons (Fsp3) is 0.500. The summed E-state index contributed by atoms with van der Waals surface area (Å²) in [4.78, 5) is 11.6. The average Bonchev–Trinajstić information content (AvgIpc) is 2.72. The van der Waals surface area contributed by atoms with Crippen LogP contribution in [0.1, 0.15) is 36.0 Å². The van der Waals surface area contributed by atoms with Gasteiger partial charge in [-0.2, -0.15) is 0 Å². The summed E-state index contributed by atoms with van der Waals surface area (Å²) in [6, 6.07) is 1.95. The van der Waals surface area contributed by atoms with E-state index in [-0.39, 0.29) is 6.79 Å². The third kappa shape index (κ3) is 1.29. The van der Waals surface area contributed by atoms with Gasteiger partial charge in [0.25, 0.3) is 0 Å². The van der Waals surface area contributed by atoms with Gasteiger partial charge < -0.3 is 14.6 Å². The summed E-state index contributed by atoms with van der Waals surface area (Å²) in [7, 11) is 0. The van der Waals surface area contributed by atoms with Crippen molar-refractivity contribution in [3.63, 3.8) is 0 Å².